The maximum Gasteiger partial charge on any atom is 0.255 e. The predicted molar refractivity (Wildman–Crippen MR) is 81.8 cm³/mol. The van der Waals surface area contributed by atoms with Crippen LogP contribution < -0.4 is 21.5 Å². The van der Waals surface area contributed by atoms with Gasteiger partial charge in [-0.3, -0.25) is 9.59 Å². The summed E-state index contributed by atoms with van der Waals surface area (Å²) in [6.07, 6.45) is 1.34. The van der Waals surface area contributed by atoms with Crippen LogP contribution in [0.3, 0.4) is 0 Å². The van der Waals surface area contributed by atoms with E-state index in [-0.39, 0.29) is 12.5 Å². The topological polar surface area (TPSA) is 107 Å². The maximum absolute atomic E-state index is 12.4. The molecule has 2 amide bonds. The molecule has 6 nitrogen and oxygen atoms in total. The molecule has 0 unspecified atom stereocenters. The number of hydrogen-bond donors (Lipinski definition) is 3. The molecule has 0 radical (unpaired) electrons. The van der Waals surface area contributed by atoms with Crippen LogP contribution in [0.15, 0.2) is 24.3 Å². The third kappa shape index (κ3) is 4.46. The van der Waals surface area contributed by atoms with Gasteiger partial charge in [0.05, 0.1) is 5.41 Å². The van der Waals surface area contributed by atoms with Crippen molar-refractivity contribution in [3.63, 3.8) is 0 Å². The first-order valence-electron chi connectivity index (χ1n) is 7.00. The van der Waals surface area contributed by atoms with Crippen molar-refractivity contribution in [3.05, 3.63) is 24.3 Å². The summed E-state index contributed by atoms with van der Waals surface area (Å²) in [6, 6.07) is 6.82. The van der Waals surface area contributed by atoms with E-state index >= 15 is 0 Å². The summed E-state index contributed by atoms with van der Waals surface area (Å²) in [5.74, 6) is -0.191. The SMILES string of the molecule is CCC(CC)(CN)C(=O)Nc1cccc(OCC(N)=O)c1. The first-order chi connectivity index (χ1) is 9.97. The summed E-state index contributed by atoms with van der Waals surface area (Å²) >= 11 is 0. The normalized spacial score (nSPS) is 11.0. The second kappa shape index (κ2) is 7.64. The summed E-state index contributed by atoms with van der Waals surface area (Å²) in [5, 5.41) is 2.85. The Morgan fingerprint density at radius 3 is 2.48 bits per heavy atom. The molecular formula is C15H23N3O3. The Bertz CT molecular complexity index is 490. The fraction of sp³-hybridized carbons (Fsp3) is 0.467. The monoisotopic (exact) mass is 293 g/mol. The highest BCUT2D eigenvalue weighted by atomic mass is 16.5. The van der Waals surface area contributed by atoms with Crippen molar-refractivity contribution >= 4 is 17.5 Å². The van der Waals surface area contributed by atoms with E-state index < -0.39 is 11.3 Å². The minimum Gasteiger partial charge on any atom is -0.484 e. The van der Waals surface area contributed by atoms with Gasteiger partial charge in [-0.05, 0) is 25.0 Å². The van der Waals surface area contributed by atoms with Gasteiger partial charge in [-0.15, -0.1) is 0 Å². The molecule has 21 heavy (non-hydrogen) atoms. The van der Waals surface area contributed by atoms with E-state index in [9.17, 15) is 9.59 Å². The van der Waals surface area contributed by atoms with Crippen LogP contribution >= 0.6 is 0 Å². The van der Waals surface area contributed by atoms with Gasteiger partial charge in [0, 0.05) is 18.3 Å². The molecule has 0 aliphatic heterocycles. The van der Waals surface area contributed by atoms with Gasteiger partial charge in [0.2, 0.25) is 5.91 Å². The molecule has 0 aliphatic rings. The van der Waals surface area contributed by atoms with Crippen molar-refractivity contribution in [3.8, 4) is 5.75 Å². The first-order valence-corrected chi connectivity index (χ1v) is 7.00. The second-order valence-electron chi connectivity index (χ2n) is 4.93. The molecule has 6 heteroatoms. The number of nitrogens with one attached hydrogen (secondary N) is 1. The quantitative estimate of drug-likeness (QED) is 0.670. The molecule has 0 aliphatic carbocycles. The van der Waals surface area contributed by atoms with Gasteiger partial charge in [0.25, 0.3) is 5.91 Å². The largest absolute Gasteiger partial charge is 0.484 e. The number of amides is 2. The van der Waals surface area contributed by atoms with Crippen molar-refractivity contribution in [2.75, 3.05) is 18.5 Å². The van der Waals surface area contributed by atoms with Crippen LogP contribution in [0.4, 0.5) is 5.69 Å². The number of primary amides is 1. The number of nitrogens with two attached hydrogens (primary N) is 2. The lowest BCUT2D eigenvalue weighted by Crippen LogP contribution is -2.41. The van der Waals surface area contributed by atoms with Crippen LogP contribution in [0.1, 0.15) is 26.7 Å². The van der Waals surface area contributed by atoms with E-state index in [2.05, 4.69) is 5.32 Å². The fourth-order valence-electron chi connectivity index (χ4n) is 2.03. The molecular weight excluding hydrogens is 270 g/mol. The van der Waals surface area contributed by atoms with Gasteiger partial charge < -0.3 is 21.5 Å². The molecule has 0 heterocycles. The van der Waals surface area contributed by atoms with Gasteiger partial charge in [-0.25, -0.2) is 0 Å². The Kier molecular flexibility index (Phi) is 6.17. The summed E-state index contributed by atoms with van der Waals surface area (Å²) in [7, 11) is 0. The molecule has 1 aromatic carbocycles. The third-order valence-corrected chi connectivity index (χ3v) is 3.70. The molecule has 0 saturated heterocycles. The minimum absolute atomic E-state index is 0.109. The molecule has 116 valence electrons. The summed E-state index contributed by atoms with van der Waals surface area (Å²) < 4.78 is 5.20. The Labute approximate surface area is 124 Å². The lowest BCUT2D eigenvalue weighted by Gasteiger charge is -2.28. The van der Waals surface area contributed by atoms with Crippen molar-refractivity contribution in [1.82, 2.24) is 0 Å². The van der Waals surface area contributed by atoms with Crippen LogP contribution in [0, 0.1) is 5.41 Å². The Balaban J connectivity index is 2.80. The predicted octanol–water partition coefficient (Wildman–Crippen LogP) is 1.25. The molecule has 0 bridgehead atoms. The Morgan fingerprint density at radius 1 is 1.29 bits per heavy atom. The van der Waals surface area contributed by atoms with Crippen molar-refractivity contribution < 1.29 is 14.3 Å². The molecule has 1 rings (SSSR count). The average Bonchev–Trinajstić information content (AvgIpc) is 2.48. The standard InChI is InChI=1S/C15H23N3O3/c1-3-15(4-2,10-16)14(20)18-11-6-5-7-12(8-11)21-9-13(17)19/h5-8H,3-4,9-10,16H2,1-2H3,(H2,17,19)(H,18,20). The molecule has 0 spiro atoms. The van der Waals surface area contributed by atoms with Crippen LogP contribution in [-0.2, 0) is 9.59 Å². The Morgan fingerprint density at radius 2 is 1.95 bits per heavy atom. The number of carbonyl (C=O) groups excluding carboxylic acids is 2. The number of hydrogen-bond acceptors (Lipinski definition) is 4. The first kappa shape index (κ1) is 17.0. The summed E-state index contributed by atoms with van der Waals surface area (Å²) in [5.41, 5.74) is 10.8. The second-order valence-corrected chi connectivity index (χ2v) is 4.93. The maximum atomic E-state index is 12.4. The van der Waals surface area contributed by atoms with Gasteiger partial charge in [0.1, 0.15) is 5.75 Å². The summed E-state index contributed by atoms with van der Waals surface area (Å²) in [6.45, 7) is 3.99. The van der Waals surface area contributed by atoms with E-state index in [1.165, 1.54) is 0 Å². The van der Waals surface area contributed by atoms with Crippen molar-refractivity contribution in [2.24, 2.45) is 16.9 Å². The lowest BCUT2D eigenvalue weighted by molar-refractivity contribution is -0.125. The molecule has 5 N–H and O–H groups in total. The summed E-state index contributed by atoms with van der Waals surface area (Å²) in [4.78, 5) is 23.1. The van der Waals surface area contributed by atoms with E-state index in [0.717, 1.165) is 0 Å². The number of rotatable bonds is 8. The number of carbonyl (C=O) groups is 2. The highest BCUT2D eigenvalue weighted by Crippen LogP contribution is 2.27. The van der Waals surface area contributed by atoms with Crippen molar-refractivity contribution in [1.29, 1.82) is 0 Å². The fourth-order valence-corrected chi connectivity index (χ4v) is 2.03. The highest BCUT2D eigenvalue weighted by molar-refractivity contribution is 5.95. The molecule has 0 aromatic heterocycles. The zero-order chi connectivity index (χ0) is 15.9. The van der Waals surface area contributed by atoms with Crippen molar-refractivity contribution in [2.45, 2.75) is 26.7 Å². The van der Waals surface area contributed by atoms with E-state index in [1.807, 2.05) is 13.8 Å². The lowest BCUT2D eigenvalue weighted by atomic mass is 9.81. The molecule has 0 saturated carbocycles. The van der Waals surface area contributed by atoms with E-state index in [1.54, 1.807) is 24.3 Å². The van der Waals surface area contributed by atoms with Crippen LogP contribution in [-0.4, -0.2) is 25.0 Å². The minimum atomic E-state index is -0.565. The van der Waals surface area contributed by atoms with Gasteiger partial charge in [0.15, 0.2) is 6.61 Å². The van der Waals surface area contributed by atoms with Gasteiger partial charge >= 0.3 is 0 Å². The van der Waals surface area contributed by atoms with Crippen LogP contribution in [0.2, 0.25) is 0 Å². The number of anilines is 1. The molecule has 0 fully saturated rings. The van der Waals surface area contributed by atoms with Crippen LogP contribution in [0.25, 0.3) is 0 Å². The zero-order valence-electron chi connectivity index (χ0n) is 12.5. The number of benzene rings is 1. The smallest absolute Gasteiger partial charge is 0.255 e. The van der Waals surface area contributed by atoms with Gasteiger partial charge in [-0.2, -0.15) is 0 Å². The molecule has 1 aromatic rings. The molecule has 0 atom stereocenters. The average molecular weight is 293 g/mol. The van der Waals surface area contributed by atoms with E-state index in [0.29, 0.717) is 30.8 Å². The van der Waals surface area contributed by atoms with Gasteiger partial charge in [-0.1, -0.05) is 19.9 Å². The van der Waals surface area contributed by atoms with Crippen LogP contribution in [0.5, 0.6) is 5.75 Å². The highest BCUT2D eigenvalue weighted by Gasteiger charge is 2.33. The zero-order valence-corrected chi connectivity index (χ0v) is 12.5. The van der Waals surface area contributed by atoms with E-state index in [4.69, 9.17) is 16.2 Å². The Hall–Kier alpha value is -2.08. The number of ether oxygens (including phenoxy) is 1. The third-order valence-electron chi connectivity index (χ3n) is 3.70.